The first-order chi connectivity index (χ1) is 15.5. The maximum absolute atomic E-state index is 12.1. The first kappa shape index (κ1) is 20.7. The number of hydrogen-bond donors (Lipinski definition) is 2. The highest BCUT2D eigenvalue weighted by molar-refractivity contribution is 7.38. The molecule has 1 saturated carbocycles. The van der Waals surface area contributed by atoms with Crippen LogP contribution in [-0.2, 0) is 21.6 Å². The van der Waals surface area contributed by atoms with Crippen LogP contribution in [-0.4, -0.2) is 21.5 Å². The molecule has 0 atom stereocenters. The number of carbonyl (C=O) groups is 2. The third-order valence-electron chi connectivity index (χ3n) is 5.17. The third kappa shape index (κ3) is 4.12. The molecule has 0 unspecified atom stereocenters. The molecule has 32 heavy (non-hydrogen) atoms. The van der Waals surface area contributed by atoms with E-state index in [9.17, 15) is 14.7 Å². The molecule has 1 amide bonds. The molecule has 0 saturated heterocycles. The molecule has 0 aliphatic heterocycles. The number of carboxylic acid groups (broad SMARTS) is 1. The van der Waals surface area contributed by atoms with Crippen LogP contribution in [0.4, 0.5) is 10.5 Å². The molecule has 1 fully saturated rings. The SMILES string of the molecule is O=C(Nc1csnc1C#Cc1cc2cc(C3(C(=O)O)CC3)sc2s1)OCc1ccccc1. The molecular formula is C23H16N2O4S3. The van der Waals surface area contributed by atoms with Crippen molar-refractivity contribution < 1.29 is 19.4 Å². The fourth-order valence-corrected chi connectivity index (χ4v) is 6.35. The van der Waals surface area contributed by atoms with Gasteiger partial charge in [-0.05, 0) is 53.9 Å². The topological polar surface area (TPSA) is 88.5 Å². The molecule has 9 heteroatoms. The van der Waals surface area contributed by atoms with Crippen LogP contribution in [0.1, 0.15) is 33.9 Å². The van der Waals surface area contributed by atoms with Crippen LogP contribution in [0.2, 0.25) is 0 Å². The van der Waals surface area contributed by atoms with Crippen LogP contribution in [0.25, 0.3) is 9.40 Å². The van der Waals surface area contributed by atoms with E-state index in [1.165, 1.54) is 34.2 Å². The van der Waals surface area contributed by atoms with Gasteiger partial charge in [0.15, 0.2) is 5.69 Å². The molecule has 5 rings (SSSR count). The summed E-state index contributed by atoms with van der Waals surface area (Å²) in [4.78, 5) is 25.5. The summed E-state index contributed by atoms with van der Waals surface area (Å²) < 4.78 is 10.6. The Morgan fingerprint density at radius 1 is 1.16 bits per heavy atom. The van der Waals surface area contributed by atoms with E-state index in [2.05, 4.69) is 21.5 Å². The number of anilines is 1. The summed E-state index contributed by atoms with van der Waals surface area (Å²) in [7, 11) is 0. The van der Waals surface area contributed by atoms with E-state index in [4.69, 9.17) is 4.74 Å². The zero-order valence-corrected chi connectivity index (χ0v) is 19.0. The quantitative estimate of drug-likeness (QED) is 0.359. The van der Waals surface area contributed by atoms with Crippen LogP contribution in [0.15, 0.2) is 47.8 Å². The maximum Gasteiger partial charge on any atom is 0.412 e. The Hall–Kier alpha value is -3.19. The van der Waals surface area contributed by atoms with Crippen LogP contribution < -0.4 is 5.32 Å². The number of nitrogens with one attached hydrogen (secondary N) is 1. The molecule has 3 aromatic heterocycles. The number of aromatic nitrogens is 1. The van der Waals surface area contributed by atoms with Crippen LogP contribution in [0.5, 0.6) is 0 Å². The van der Waals surface area contributed by atoms with Gasteiger partial charge in [0.05, 0.1) is 14.6 Å². The van der Waals surface area contributed by atoms with Gasteiger partial charge in [-0.3, -0.25) is 10.1 Å². The molecule has 3 heterocycles. The first-order valence-corrected chi connectivity index (χ1v) is 12.2. The Kier molecular flexibility index (Phi) is 5.43. The van der Waals surface area contributed by atoms with E-state index in [1.54, 1.807) is 5.38 Å². The average Bonchev–Trinajstić information content (AvgIpc) is 3.11. The van der Waals surface area contributed by atoms with Crippen molar-refractivity contribution in [2.45, 2.75) is 24.9 Å². The Labute approximate surface area is 195 Å². The predicted molar refractivity (Wildman–Crippen MR) is 127 cm³/mol. The number of rotatable bonds is 5. The van der Waals surface area contributed by atoms with Gasteiger partial charge in [-0.2, -0.15) is 4.37 Å². The van der Waals surface area contributed by atoms with Gasteiger partial charge in [-0.1, -0.05) is 30.3 Å². The normalized spacial score (nSPS) is 13.9. The molecule has 1 aliphatic rings. The minimum absolute atomic E-state index is 0.183. The Morgan fingerprint density at radius 2 is 1.97 bits per heavy atom. The molecule has 4 aromatic rings. The highest BCUT2D eigenvalue weighted by atomic mass is 32.2. The summed E-state index contributed by atoms with van der Waals surface area (Å²) >= 11 is 4.28. The molecule has 0 bridgehead atoms. The van der Waals surface area contributed by atoms with Crippen LogP contribution in [0, 0.1) is 11.8 Å². The average molecular weight is 481 g/mol. The zero-order chi connectivity index (χ0) is 22.1. The molecule has 0 radical (unpaired) electrons. The summed E-state index contributed by atoms with van der Waals surface area (Å²) in [5.41, 5.74) is 1.22. The molecule has 6 nitrogen and oxygen atoms in total. The second-order valence-electron chi connectivity index (χ2n) is 7.36. The lowest BCUT2D eigenvalue weighted by molar-refractivity contribution is -0.139. The summed E-state index contributed by atoms with van der Waals surface area (Å²) in [5, 5.41) is 14.9. The van der Waals surface area contributed by atoms with Crippen molar-refractivity contribution in [3.8, 4) is 11.8 Å². The Balaban J connectivity index is 1.26. The van der Waals surface area contributed by atoms with E-state index >= 15 is 0 Å². The predicted octanol–water partition coefficient (Wildman–Crippen LogP) is 5.68. The number of carbonyl (C=O) groups excluding carboxylic acids is 1. The smallest absolute Gasteiger partial charge is 0.412 e. The molecular weight excluding hydrogens is 464 g/mol. The minimum Gasteiger partial charge on any atom is -0.481 e. The summed E-state index contributed by atoms with van der Waals surface area (Å²) in [6.45, 7) is 0.183. The van der Waals surface area contributed by atoms with Crippen LogP contribution in [0.3, 0.4) is 0 Å². The minimum atomic E-state index is -0.739. The van der Waals surface area contributed by atoms with Gasteiger partial charge in [0.25, 0.3) is 0 Å². The van der Waals surface area contributed by atoms with Crippen molar-refractivity contribution in [1.82, 2.24) is 4.37 Å². The van der Waals surface area contributed by atoms with E-state index < -0.39 is 17.5 Å². The monoisotopic (exact) mass is 480 g/mol. The Morgan fingerprint density at radius 3 is 2.69 bits per heavy atom. The number of benzene rings is 1. The van der Waals surface area contributed by atoms with E-state index in [-0.39, 0.29) is 6.61 Å². The van der Waals surface area contributed by atoms with Gasteiger partial charge in [-0.15, -0.1) is 22.7 Å². The van der Waals surface area contributed by atoms with Gasteiger partial charge in [0.2, 0.25) is 0 Å². The molecule has 0 spiro atoms. The summed E-state index contributed by atoms with van der Waals surface area (Å²) in [5.74, 6) is 5.38. The van der Waals surface area contributed by atoms with Crippen molar-refractivity contribution in [2.24, 2.45) is 0 Å². The number of thiophene rings is 2. The van der Waals surface area contributed by atoms with E-state index in [1.807, 2.05) is 42.5 Å². The highest BCUT2D eigenvalue weighted by Crippen LogP contribution is 2.52. The molecule has 1 aromatic carbocycles. The number of hydrogen-bond acceptors (Lipinski definition) is 7. The second-order valence-corrected chi connectivity index (χ2v) is 10.4. The van der Waals surface area contributed by atoms with Crippen molar-refractivity contribution in [1.29, 1.82) is 0 Å². The number of amides is 1. The van der Waals surface area contributed by atoms with E-state index in [0.29, 0.717) is 24.2 Å². The summed E-state index contributed by atoms with van der Waals surface area (Å²) in [6.07, 6.45) is 0.848. The van der Waals surface area contributed by atoms with Crippen molar-refractivity contribution >= 4 is 61.4 Å². The fourth-order valence-electron chi connectivity index (χ4n) is 3.23. The Bertz CT molecular complexity index is 1340. The fraction of sp³-hybridized carbons (Fsp3) is 0.174. The van der Waals surface area contributed by atoms with Gasteiger partial charge in [-0.25, -0.2) is 4.79 Å². The van der Waals surface area contributed by atoms with Gasteiger partial charge >= 0.3 is 12.1 Å². The molecule has 2 N–H and O–H groups in total. The zero-order valence-electron chi connectivity index (χ0n) is 16.6. The van der Waals surface area contributed by atoms with E-state index in [0.717, 1.165) is 24.7 Å². The largest absolute Gasteiger partial charge is 0.481 e. The lowest BCUT2D eigenvalue weighted by atomic mass is 10.1. The van der Waals surface area contributed by atoms with Crippen molar-refractivity contribution in [3.63, 3.8) is 0 Å². The van der Waals surface area contributed by atoms with Crippen molar-refractivity contribution in [3.05, 3.63) is 68.9 Å². The number of aliphatic carboxylic acids is 1. The second kappa shape index (κ2) is 8.39. The van der Waals surface area contributed by atoms with Crippen molar-refractivity contribution in [2.75, 3.05) is 5.32 Å². The molecule has 1 aliphatic carbocycles. The maximum atomic E-state index is 12.1. The van der Waals surface area contributed by atoms with Gasteiger partial charge < -0.3 is 9.84 Å². The summed E-state index contributed by atoms with van der Waals surface area (Å²) in [6, 6.07) is 13.4. The number of ether oxygens (including phenoxy) is 1. The number of fused-ring (bicyclic) bond motifs is 1. The standard InChI is InChI=1S/C23H16N2O4S3/c26-21(27)23(8-9-23)19-11-15-10-16(31-20(15)32-19)6-7-17-18(13-30-25-17)24-22(28)29-12-14-4-2-1-3-5-14/h1-5,10-11,13H,8-9,12H2,(H,24,28)(H,26,27). The van der Waals surface area contributed by atoms with Gasteiger partial charge in [0, 0.05) is 15.6 Å². The first-order valence-electron chi connectivity index (χ1n) is 9.75. The lowest BCUT2D eigenvalue weighted by Crippen LogP contribution is -2.17. The van der Waals surface area contributed by atoms with Crippen LogP contribution >= 0.6 is 34.2 Å². The highest BCUT2D eigenvalue weighted by Gasteiger charge is 2.53. The molecule has 160 valence electrons. The lowest BCUT2D eigenvalue weighted by Gasteiger charge is -2.05. The number of nitrogens with zero attached hydrogens (tertiary/aromatic N) is 1. The third-order valence-corrected chi connectivity index (χ3v) is 8.31. The number of carboxylic acids is 1. The van der Waals surface area contributed by atoms with Gasteiger partial charge in [0.1, 0.15) is 12.0 Å².